The molecule has 1 N–H and O–H groups in total. The molecule has 1 aromatic heterocycles. The van der Waals surface area contributed by atoms with Gasteiger partial charge in [0.2, 0.25) is 0 Å². The van der Waals surface area contributed by atoms with Gasteiger partial charge in [0.15, 0.2) is 0 Å². The van der Waals surface area contributed by atoms with Gasteiger partial charge in [0.05, 0.1) is 6.54 Å². The van der Waals surface area contributed by atoms with E-state index in [0.717, 1.165) is 5.82 Å². The lowest BCUT2D eigenvalue weighted by Gasteiger charge is -2.24. The molecule has 0 radical (unpaired) electrons. The minimum Gasteiger partial charge on any atom is -0.490 e. The largest absolute Gasteiger partial charge is 0.490 e. The molecule has 1 aliphatic heterocycles. The lowest BCUT2D eigenvalue weighted by molar-refractivity contribution is 0.0143. The fourth-order valence-electron chi connectivity index (χ4n) is 2.56. The molecule has 0 aliphatic carbocycles. The summed E-state index contributed by atoms with van der Waals surface area (Å²) < 4.78 is 18.7. The molecule has 0 unspecified atom stereocenters. The minimum absolute atomic E-state index is 0.122. The Morgan fingerprint density at radius 2 is 2.27 bits per heavy atom. The lowest BCUT2D eigenvalue weighted by atomic mass is 10.1. The standard InChI is InChI=1S/C16H18FN3O2/c1-12-18-7-5-15(19-12)20-8-6-16(21,10-20)11-22-14-4-2-3-13(17)9-14/h2-5,7,9,21H,6,8,10-11H2,1H3/t16-/m0/s1. The van der Waals surface area contributed by atoms with Crippen LogP contribution in [0.2, 0.25) is 0 Å². The first-order valence-corrected chi connectivity index (χ1v) is 7.19. The van der Waals surface area contributed by atoms with Crippen LogP contribution in [-0.4, -0.2) is 40.4 Å². The molecule has 0 saturated carbocycles. The zero-order valence-electron chi connectivity index (χ0n) is 12.4. The van der Waals surface area contributed by atoms with E-state index in [9.17, 15) is 9.50 Å². The first kappa shape index (κ1) is 14.7. The zero-order chi connectivity index (χ0) is 15.6. The van der Waals surface area contributed by atoms with Gasteiger partial charge in [-0.2, -0.15) is 0 Å². The average Bonchev–Trinajstić information content (AvgIpc) is 2.89. The molecule has 22 heavy (non-hydrogen) atoms. The van der Waals surface area contributed by atoms with Crippen LogP contribution in [0.5, 0.6) is 5.75 Å². The van der Waals surface area contributed by atoms with E-state index >= 15 is 0 Å². The Labute approximate surface area is 128 Å². The molecule has 116 valence electrons. The Kier molecular flexibility index (Phi) is 3.94. The second kappa shape index (κ2) is 5.88. The van der Waals surface area contributed by atoms with Crippen LogP contribution in [0.4, 0.5) is 10.2 Å². The third-order valence-corrected chi connectivity index (χ3v) is 3.72. The minimum atomic E-state index is -0.967. The van der Waals surface area contributed by atoms with Crippen LogP contribution in [0.3, 0.4) is 0 Å². The normalized spacial score (nSPS) is 21.1. The molecule has 1 atom stereocenters. The SMILES string of the molecule is Cc1nccc(N2CC[C@@](O)(COc3cccc(F)c3)C2)n1. The Hall–Kier alpha value is -2.21. The molecule has 0 amide bonds. The molecule has 1 saturated heterocycles. The molecule has 1 fully saturated rings. The highest BCUT2D eigenvalue weighted by Gasteiger charge is 2.37. The number of ether oxygens (including phenoxy) is 1. The van der Waals surface area contributed by atoms with Gasteiger partial charge in [0.1, 0.15) is 35.4 Å². The fraction of sp³-hybridized carbons (Fsp3) is 0.375. The number of halogens is 1. The molecule has 2 heterocycles. The second-order valence-corrected chi connectivity index (χ2v) is 5.60. The van der Waals surface area contributed by atoms with E-state index in [1.165, 1.54) is 12.1 Å². The van der Waals surface area contributed by atoms with Crippen molar-refractivity contribution >= 4 is 5.82 Å². The van der Waals surface area contributed by atoms with Gasteiger partial charge in [-0.15, -0.1) is 0 Å². The maximum atomic E-state index is 13.1. The number of aliphatic hydroxyl groups is 1. The summed E-state index contributed by atoms with van der Waals surface area (Å²) in [4.78, 5) is 10.4. The highest BCUT2D eigenvalue weighted by molar-refractivity contribution is 5.40. The number of nitrogens with zero attached hydrogens (tertiary/aromatic N) is 3. The number of aromatic nitrogens is 2. The monoisotopic (exact) mass is 303 g/mol. The van der Waals surface area contributed by atoms with Crippen molar-refractivity contribution in [3.63, 3.8) is 0 Å². The van der Waals surface area contributed by atoms with Crippen molar-refractivity contribution in [2.45, 2.75) is 18.9 Å². The van der Waals surface area contributed by atoms with Gasteiger partial charge in [-0.05, 0) is 31.5 Å². The molecule has 0 spiro atoms. The van der Waals surface area contributed by atoms with Gasteiger partial charge in [-0.25, -0.2) is 14.4 Å². The highest BCUT2D eigenvalue weighted by atomic mass is 19.1. The van der Waals surface area contributed by atoms with Gasteiger partial charge in [0.25, 0.3) is 0 Å². The van der Waals surface area contributed by atoms with Crippen molar-refractivity contribution < 1.29 is 14.2 Å². The lowest BCUT2D eigenvalue weighted by Crippen LogP contribution is -2.39. The Balaban J connectivity index is 1.63. The van der Waals surface area contributed by atoms with Gasteiger partial charge in [-0.1, -0.05) is 6.07 Å². The summed E-state index contributed by atoms with van der Waals surface area (Å²) in [7, 11) is 0. The molecule has 6 heteroatoms. The van der Waals surface area contributed by atoms with Crippen molar-refractivity contribution in [2.24, 2.45) is 0 Å². The van der Waals surface area contributed by atoms with Crippen molar-refractivity contribution in [1.29, 1.82) is 0 Å². The van der Waals surface area contributed by atoms with E-state index in [4.69, 9.17) is 4.74 Å². The van der Waals surface area contributed by atoms with Crippen LogP contribution in [-0.2, 0) is 0 Å². The summed E-state index contributed by atoms with van der Waals surface area (Å²) in [6.07, 6.45) is 2.28. The third-order valence-electron chi connectivity index (χ3n) is 3.72. The number of hydrogen-bond donors (Lipinski definition) is 1. The molecule has 3 rings (SSSR count). The van der Waals surface area contributed by atoms with E-state index < -0.39 is 5.60 Å². The summed E-state index contributed by atoms with van der Waals surface area (Å²) in [5.74, 6) is 1.57. The summed E-state index contributed by atoms with van der Waals surface area (Å²) in [5.41, 5.74) is -0.967. The quantitative estimate of drug-likeness (QED) is 0.935. The number of hydrogen-bond acceptors (Lipinski definition) is 5. The van der Waals surface area contributed by atoms with Gasteiger partial charge < -0.3 is 14.7 Å². The Morgan fingerprint density at radius 3 is 3.05 bits per heavy atom. The predicted octanol–water partition coefficient (Wildman–Crippen LogP) is 1.94. The summed E-state index contributed by atoms with van der Waals surface area (Å²) >= 11 is 0. The molecule has 1 aromatic carbocycles. The van der Waals surface area contributed by atoms with E-state index in [-0.39, 0.29) is 12.4 Å². The van der Waals surface area contributed by atoms with Crippen LogP contribution < -0.4 is 9.64 Å². The number of anilines is 1. The van der Waals surface area contributed by atoms with Crippen LogP contribution in [0.1, 0.15) is 12.2 Å². The Bertz CT molecular complexity index is 667. The Morgan fingerprint density at radius 1 is 1.41 bits per heavy atom. The fourth-order valence-corrected chi connectivity index (χ4v) is 2.56. The van der Waals surface area contributed by atoms with Gasteiger partial charge in [0, 0.05) is 18.8 Å². The van der Waals surface area contributed by atoms with Crippen LogP contribution in [0.15, 0.2) is 36.5 Å². The third kappa shape index (κ3) is 3.33. The van der Waals surface area contributed by atoms with E-state index in [0.29, 0.717) is 31.1 Å². The van der Waals surface area contributed by atoms with E-state index in [1.54, 1.807) is 18.3 Å². The molecule has 0 bridgehead atoms. The first-order valence-electron chi connectivity index (χ1n) is 7.19. The van der Waals surface area contributed by atoms with E-state index in [2.05, 4.69) is 9.97 Å². The van der Waals surface area contributed by atoms with Crippen LogP contribution >= 0.6 is 0 Å². The smallest absolute Gasteiger partial charge is 0.132 e. The maximum absolute atomic E-state index is 13.1. The molecular formula is C16H18FN3O2. The number of rotatable bonds is 4. The molecule has 5 nitrogen and oxygen atoms in total. The number of benzene rings is 1. The molecular weight excluding hydrogens is 285 g/mol. The second-order valence-electron chi connectivity index (χ2n) is 5.60. The van der Waals surface area contributed by atoms with Crippen LogP contribution in [0, 0.1) is 12.7 Å². The number of aryl methyl sites for hydroxylation is 1. The van der Waals surface area contributed by atoms with Gasteiger partial charge in [-0.3, -0.25) is 0 Å². The van der Waals surface area contributed by atoms with E-state index in [1.807, 2.05) is 17.9 Å². The molecule has 1 aliphatic rings. The summed E-state index contributed by atoms with van der Waals surface area (Å²) in [6, 6.07) is 7.75. The average molecular weight is 303 g/mol. The van der Waals surface area contributed by atoms with Crippen LogP contribution in [0.25, 0.3) is 0 Å². The first-order chi connectivity index (χ1) is 10.5. The molecule has 2 aromatic rings. The summed E-state index contributed by atoms with van der Waals surface area (Å²) in [6.45, 7) is 3.08. The van der Waals surface area contributed by atoms with Crippen molar-refractivity contribution in [3.8, 4) is 5.75 Å². The zero-order valence-corrected chi connectivity index (χ0v) is 12.4. The highest BCUT2D eigenvalue weighted by Crippen LogP contribution is 2.26. The topological polar surface area (TPSA) is 58.5 Å². The predicted molar refractivity (Wildman–Crippen MR) is 80.4 cm³/mol. The maximum Gasteiger partial charge on any atom is 0.132 e. The summed E-state index contributed by atoms with van der Waals surface area (Å²) in [5, 5.41) is 10.6. The van der Waals surface area contributed by atoms with Gasteiger partial charge >= 0.3 is 0 Å². The van der Waals surface area contributed by atoms with Crippen molar-refractivity contribution in [1.82, 2.24) is 9.97 Å². The van der Waals surface area contributed by atoms with Crippen molar-refractivity contribution in [2.75, 3.05) is 24.6 Å². The van der Waals surface area contributed by atoms with Crippen molar-refractivity contribution in [3.05, 3.63) is 48.2 Å². The number of β-amino-alcohol motifs (C(OH)–C–C–N with tert-alkyl or cyclic N) is 1.